The van der Waals surface area contributed by atoms with Crippen molar-refractivity contribution < 1.29 is 9.72 Å². The Morgan fingerprint density at radius 2 is 1.54 bits per heavy atom. The van der Waals surface area contributed by atoms with Gasteiger partial charge < -0.3 is 0 Å². The monoisotopic (exact) mass is 410 g/mol. The van der Waals surface area contributed by atoms with Crippen LogP contribution in [-0.2, 0) is 4.79 Å². The molecular weight excluding hydrogens is 399 g/mol. The quantitative estimate of drug-likeness (QED) is 0.296. The summed E-state index contributed by atoms with van der Waals surface area (Å²) in [5, 5.41) is 11.6. The number of benzene rings is 3. The summed E-state index contributed by atoms with van der Waals surface area (Å²) in [6.45, 7) is 0. The van der Waals surface area contributed by atoms with Crippen LogP contribution in [0.3, 0.4) is 0 Å². The van der Waals surface area contributed by atoms with Crippen molar-refractivity contribution in [1.82, 2.24) is 0 Å². The molecule has 0 aliphatic carbocycles. The molecule has 0 fully saturated rings. The molecule has 0 N–H and O–H groups in total. The number of non-ortho nitro benzene ring substituents is 1. The third-order valence-corrected chi connectivity index (χ3v) is 5.05. The van der Waals surface area contributed by atoms with E-state index in [4.69, 9.17) is 23.2 Å². The maximum absolute atomic E-state index is 13.3. The van der Waals surface area contributed by atoms with Crippen LogP contribution in [0.2, 0.25) is 10.0 Å². The minimum atomic E-state index is -0.464. The molecule has 0 spiro atoms. The Hall–Kier alpha value is -3.15. The number of halogens is 2. The summed E-state index contributed by atoms with van der Waals surface area (Å²) in [6.07, 6.45) is 1.70. The highest BCUT2D eigenvalue weighted by Gasteiger charge is 2.35. The Kier molecular flexibility index (Phi) is 4.63. The summed E-state index contributed by atoms with van der Waals surface area (Å²) in [6, 6.07) is 18.4. The number of amides is 1. The minimum absolute atomic E-state index is 0.00947. The topological polar surface area (TPSA) is 63.4 Å². The molecular formula is C21H12Cl2N2O3. The van der Waals surface area contributed by atoms with Gasteiger partial charge in [0.2, 0.25) is 0 Å². The lowest BCUT2D eigenvalue weighted by Crippen LogP contribution is -2.21. The molecule has 1 aliphatic heterocycles. The molecule has 0 saturated carbocycles. The van der Waals surface area contributed by atoms with Gasteiger partial charge >= 0.3 is 0 Å². The summed E-state index contributed by atoms with van der Waals surface area (Å²) < 4.78 is 0. The van der Waals surface area contributed by atoms with Gasteiger partial charge in [-0.3, -0.25) is 19.8 Å². The van der Waals surface area contributed by atoms with Gasteiger partial charge in [0.05, 0.1) is 31.9 Å². The smallest absolute Gasteiger partial charge is 0.269 e. The van der Waals surface area contributed by atoms with Gasteiger partial charge in [0.1, 0.15) is 0 Å². The first kappa shape index (κ1) is 18.2. The fourth-order valence-electron chi connectivity index (χ4n) is 3.16. The van der Waals surface area contributed by atoms with Gasteiger partial charge in [0.15, 0.2) is 0 Å². The second kappa shape index (κ2) is 7.11. The second-order valence-corrected chi connectivity index (χ2v) is 6.95. The summed E-state index contributed by atoms with van der Waals surface area (Å²) in [5.41, 5.74) is 2.97. The Labute approximate surface area is 170 Å². The van der Waals surface area contributed by atoms with Crippen molar-refractivity contribution in [1.29, 1.82) is 0 Å². The number of hydrogen-bond donors (Lipinski definition) is 0. The molecule has 7 heteroatoms. The van der Waals surface area contributed by atoms with Crippen molar-refractivity contribution in [3.8, 4) is 0 Å². The number of fused-ring (bicyclic) bond motifs is 1. The number of hydrogen-bond acceptors (Lipinski definition) is 3. The maximum atomic E-state index is 13.3. The number of para-hydroxylation sites is 2. The third kappa shape index (κ3) is 3.05. The number of anilines is 2. The summed E-state index contributed by atoms with van der Waals surface area (Å²) in [7, 11) is 0. The van der Waals surface area contributed by atoms with E-state index in [1.165, 1.54) is 17.0 Å². The van der Waals surface area contributed by atoms with E-state index in [1.54, 1.807) is 36.4 Å². The highest BCUT2D eigenvalue weighted by molar-refractivity contribution is 6.44. The van der Waals surface area contributed by atoms with Crippen molar-refractivity contribution in [2.75, 3.05) is 4.90 Å². The molecule has 5 nitrogen and oxygen atoms in total. The zero-order valence-corrected chi connectivity index (χ0v) is 15.8. The molecule has 3 aromatic carbocycles. The molecule has 1 amide bonds. The third-order valence-electron chi connectivity index (χ3n) is 4.44. The van der Waals surface area contributed by atoms with E-state index in [2.05, 4.69) is 0 Å². The molecule has 4 rings (SSSR count). The van der Waals surface area contributed by atoms with Crippen LogP contribution in [0.15, 0.2) is 66.7 Å². The van der Waals surface area contributed by atoms with Crippen molar-refractivity contribution in [2.24, 2.45) is 0 Å². The second-order valence-electron chi connectivity index (χ2n) is 6.13. The van der Waals surface area contributed by atoms with E-state index < -0.39 is 4.92 Å². The van der Waals surface area contributed by atoms with E-state index in [1.807, 2.05) is 24.3 Å². The molecule has 28 heavy (non-hydrogen) atoms. The van der Waals surface area contributed by atoms with Gasteiger partial charge in [0, 0.05) is 17.7 Å². The molecule has 0 aromatic heterocycles. The van der Waals surface area contributed by atoms with E-state index in [0.29, 0.717) is 32.6 Å². The molecule has 0 atom stereocenters. The summed E-state index contributed by atoms with van der Waals surface area (Å²) in [4.78, 5) is 25.2. The Bertz CT molecular complexity index is 1120. The van der Waals surface area contributed by atoms with Crippen LogP contribution in [0.5, 0.6) is 0 Å². The van der Waals surface area contributed by atoms with Gasteiger partial charge in [-0.1, -0.05) is 47.5 Å². The Balaban J connectivity index is 1.84. The number of nitro benzene ring substituents is 1. The lowest BCUT2D eigenvalue weighted by molar-refractivity contribution is -0.384. The lowest BCUT2D eigenvalue weighted by Gasteiger charge is -2.20. The Morgan fingerprint density at radius 3 is 2.18 bits per heavy atom. The highest BCUT2D eigenvalue weighted by atomic mass is 35.5. The van der Waals surface area contributed by atoms with Crippen LogP contribution in [0.25, 0.3) is 11.6 Å². The zero-order chi connectivity index (χ0) is 19.8. The maximum Gasteiger partial charge on any atom is 0.269 e. The molecule has 0 saturated heterocycles. The number of carbonyl (C=O) groups excluding carboxylic acids is 1. The number of nitrogens with zero attached hydrogens (tertiary/aromatic N) is 2. The van der Waals surface area contributed by atoms with Crippen LogP contribution >= 0.6 is 23.2 Å². The van der Waals surface area contributed by atoms with Gasteiger partial charge in [-0.2, -0.15) is 0 Å². The number of nitro groups is 1. The lowest BCUT2D eigenvalue weighted by atomic mass is 10.0. The van der Waals surface area contributed by atoms with E-state index >= 15 is 0 Å². The average molecular weight is 411 g/mol. The van der Waals surface area contributed by atoms with Gasteiger partial charge in [-0.25, -0.2) is 0 Å². The fraction of sp³-hybridized carbons (Fsp3) is 0. The van der Waals surface area contributed by atoms with E-state index in [0.717, 1.165) is 5.56 Å². The first-order valence-electron chi connectivity index (χ1n) is 8.31. The van der Waals surface area contributed by atoms with Gasteiger partial charge in [-0.05, 0) is 42.0 Å². The van der Waals surface area contributed by atoms with Gasteiger partial charge in [0.25, 0.3) is 11.6 Å². The van der Waals surface area contributed by atoms with Crippen LogP contribution in [-0.4, -0.2) is 10.8 Å². The molecule has 0 radical (unpaired) electrons. The van der Waals surface area contributed by atoms with E-state index in [-0.39, 0.29) is 11.6 Å². The van der Waals surface area contributed by atoms with Crippen molar-refractivity contribution in [2.45, 2.75) is 0 Å². The SMILES string of the molecule is O=C1/C(=C\c2ccc([N+](=O)[O-])cc2)c2ccccc2N1c1c(Cl)cccc1Cl. The zero-order valence-electron chi connectivity index (χ0n) is 14.3. The number of carbonyl (C=O) groups is 1. The fourth-order valence-corrected chi connectivity index (χ4v) is 3.73. The normalized spacial score (nSPS) is 14.4. The largest absolute Gasteiger partial charge is 0.273 e. The predicted octanol–water partition coefficient (Wildman–Crippen LogP) is 6.12. The molecule has 0 unspecified atom stereocenters. The average Bonchev–Trinajstić information content (AvgIpc) is 2.95. The molecule has 138 valence electrons. The van der Waals surface area contributed by atoms with Crippen LogP contribution in [0.4, 0.5) is 17.1 Å². The van der Waals surface area contributed by atoms with Gasteiger partial charge in [-0.15, -0.1) is 0 Å². The minimum Gasteiger partial charge on any atom is -0.273 e. The first-order valence-corrected chi connectivity index (χ1v) is 9.07. The van der Waals surface area contributed by atoms with Crippen LogP contribution < -0.4 is 4.90 Å². The standard InChI is InChI=1S/C21H12Cl2N2O3/c22-17-5-3-6-18(23)20(17)24-19-7-2-1-4-15(19)16(21(24)26)12-13-8-10-14(11-9-13)25(27)28/h1-12H/b16-12-. The molecule has 3 aromatic rings. The van der Waals surface area contributed by atoms with Crippen LogP contribution in [0, 0.1) is 10.1 Å². The first-order chi connectivity index (χ1) is 13.5. The Morgan fingerprint density at radius 1 is 0.893 bits per heavy atom. The van der Waals surface area contributed by atoms with Crippen molar-refractivity contribution >= 4 is 57.8 Å². The van der Waals surface area contributed by atoms with Crippen LogP contribution in [0.1, 0.15) is 11.1 Å². The predicted molar refractivity (Wildman–Crippen MR) is 111 cm³/mol. The molecule has 1 heterocycles. The molecule has 1 aliphatic rings. The number of rotatable bonds is 3. The van der Waals surface area contributed by atoms with Crippen molar-refractivity contribution in [3.05, 3.63) is 98.0 Å². The molecule has 0 bridgehead atoms. The summed E-state index contributed by atoms with van der Waals surface area (Å²) in [5.74, 6) is -0.269. The summed E-state index contributed by atoms with van der Waals surface area (Å²) >= 11 is 12.7. The van der Waals surface area contributed by atoms with E-state index in [9.17, 15) is 14.9 Å². The van der Waals surface area contributed by atoms with Crippen molar-refractivity contribution in [3.63, 3.8) is 0 Å². The highest BCUT2D eigenvalue weighted by Crippen LogP contribution is 2.46.